The molecular weight excluding hydrogens is 448 g/mol. The Morgan fingerprint density at radius 3 is 2.08 bits per heavy atom. The molecule has 0 unspecified atom stereocenters. The average molecular weight is 482 g/mol. The molecule has 5 nitrogen and oxygen atoms in total. The molecule has 0 aliphatic carbocycles. The standard InChI is InChI=1S/C16H33F3N4O.HI/c1-5-8-15(24,9-6-2)12-22-14(20-7-3)21-10-11-23(4)13-16(17,18)19;/h24H,5-13H2,1-4H3,(H2,20,21,22);1H. The SMILES string of the molecule is CCCC(O)(CCC)CN=C(NCC)NCCN(C)CC(F)(F)F.I. The lowest BCUT2D eigenvalue weighted by atomic mass is 9.93. The fraction of sp³-hybridized carbons (Fsp3) is 0.938. The molecule has 0 aromatic heterocycles. The summed E-state index contributed by atoms with van der Waals surface area (Å²) in [5.41, 5.74) is -0.821. The normalized spacial score (nSPS) is 12.9. The summed E-state index contributed by atoms with van der Waals surface area (Å²) in [7, 11) is 1.43. The van der Waals surface area contributed by atoms with Crippen LogP contribution in [0.2, 0.25) is 0 Å². The third kappa shape index (κ3) is 14.6. The molecule has 0 aromatic rings. The van der Waals surface area contributed by atoms with Crippen LogP contribution in [-0.4, -0.2) is 67.5 Å². The lowest BCUT2D eigenvalue weighted by Gasteiger charge is -2.26. The number of halogens is 4. The Morgan fingerprint density at radius 1 is 1.08 bits per heavy atom. The van der Waals surface area contributed by atoms with Crippen molar-refractivity contribution in [3.63, 3.8) is 0 Å². The molecule has 0 fully saturated rings. The summed E-state index contributed by atoms with van der Waals surface area (Å²) in [6.07, 6.45) is -1.09. The lowest BCUT2D eigenvalue weighted by Crippen LogP contribution is -2.43. The van der Waals surface area contributed by atoms with Gasteiger partial charge in [0, 0.05) is 19.6 Å². The number of guanidine groups is 1. The second-order valence-electron chi connectivity index (χ2n) is 6.20. The highest BCUT2D eigenvalue weighted by atomic mass is 127. The molecular formula is C16H34F3IN4O. The summed E-state index contributed by atoms with van der Waals surface area (Å²) in [6.45, 7) is 6.53. The van der Waals surface area contributed by atoms with Crippen molar-refractivity contribution in [2.24, 2.45) is 4.99 Å². The Labute approximate surface area is 166 Å². The van der Waals surface area contributed by atoms with Gasteiger partial charge in [0.2, 0.25) is 0 Å². The van der Waals surface area contributed by atoms with Crippen LogP contribution in [0.25, 0.3) is 0 Å². The average Bonchev–Trinajstić information content (AvgIpc) is 2.43. The van der Waals surface area contributed by atoms with Crippen molar-refractivity contribution in [1.82, 2.24) is 15.5 Å². The molecule has 0 saturated heterocycles. The highest BCUT2D eigenvalue weighted by Gasteiger charge is 2.29. The zero-order valence-electron chi connectivity index (χ0n) is 15.7. The van der Waals surface area contributed by atoms with Crippen LogP contribution < -0.4 is 10.6 Å². The minimum Gasteiger partial charge on any atom is -0.388 e. The maximum Gasteiger partial charge on any atom is 0.401 e. The number of rotatable bonds is 11. The van der Waals surface area contributed by atoms with E-state index in [1.807, 2.05) is 20.8 Å². The molecule has 0 amide bonds. The van der Waals surface area contributed by atoms with Crippen molar-refractivity contribution in [2.75, 3.05) is 39.8 Å². The second kappa shape index (κ2) is 13.9. The van der Waals surface area contributed by atoms with E-state index in [1.54, 1.807) is 0 Å². The minimum atomic E-state index is -4.19. The van der Waals surface area contributed by atoms with Gasteiger partial charge in [-0.3, -0.25) is 9.89 Å². The van der Waals surface area contributed by atoms with Crippen LogP contribution in [0.5, 0.6) is 0 Å². The number of likely N-dealkylation sites (N-methyl/N-ethyl adjacent to an activating group) is 1. The molecule has 0 heterocycles. The highest BCUT2D eigenvalue weighted by molar-refractivity contribution is 14.0. The molecule has 0 spiro atoms. The zero-order valence-corrected chi connectivity index (χ0v) is 18.1. The van der Waals surface area contributed by atoms with Crippen LogP contribution in [0, 0.1) is 0 Å². The first kappa shape index (κ1) is 26.9. The van der Waals surface area contributed by atoms with E-state index in [-0.39, 0.29) is 37.1 Å². The highest BCUT2D eigenvalue weighted by Crippen LogP contribution is 2.19. The van der Waals surface area contributed by atoms with Gasteiger partial charge < -0.3 is 15.7 Å². The number of nitrogens with one attached hydrogen (secondary N) is 2. The predicted molar refractivity (Wildman–Crippen MR) is 108 cm³/mol. The quantitative estimate of drug-likeness (QED) is 0.241. The van der Waals surface area contributed by atoms with Crippen molar-refractivity contribution < 1.29 is 18.3 Å². The van der Waals surface area contributed by atoms with E-state index >= 15 is 0 Å². The second-order valence-corrected chi connectivity index (χ2v) is 6.20. The third-order valence-corrected chi connectivity index (χ3v) is 3.54. The molecule has 0 rings (SSSR count). The van der Waals surface area contributed by atoms with Crippen LogP contribution in [-0.2, 0) is 0 Å². The van der Waals surface area contributed by atoms with E-state index in [9.17, 15) is 18.3 Å². The van der Waals surface area contributed by atoms with Gasteiger partial charge in [0.15, 0.2) is 5.96 Å². The first-order valence-corrected chi connectivity index (χ1v) is 8.65. The lowest BCUT2D eigenvalue weighted by molar-refractivity contribution is -0.142. The van der Waals surface area contributed by atoms with Gasteiger partial charge in [0.05, 0.1) is 18.7 Å². The number of aliphatic imine (C=N–C) groups is 1. The molecule has 3 N–H and O–H groups in total. The van der Waals surface area contributed by atoms with Crippen molar-refractivity contribution in [2.45, 2.75) is 58.2 Å². The largest absolute Gasteiger partial charge is 0.401 e. The summed E-state index contributed by atoms with van der Waals surface area (Å²) in [5, 5.41) is 16.6. The van der Waals surface area contributed by atoms with Crippen LogP contribution in [0.3, 0.4) is 0 Å². The van der Waals surface area contributed by atoms with Gasteiger partial charge in [0.1, 0.15) is 0 Å². The Hall–Kier alpha value is -0.290. The van der Waals surface area contributed by atoms with Crippen molar-refractivity contribution in [3.8, 4) is 0 Å². The molecule has 0 aliphatic rings. The molecule has 0 radical (unpaired) electrons. The first-order chi connectivity index (χ1) is 11.2. The summed E-state index contributed by atoms with van der Waals surface area (Å²) >= 11 is 0. The molecule has 0 aromatic carbocycles. The fourth-order valence-corrected chi connectivity index (χ4v) is 2.53. The fourth-order valence-electron chi connectivity index (χ4n) is 2.53. The van der Waals surface area contributed by atoms with Crippen LogP contribution >= 0.6 is 24.0 Å². The van der Waals surface area contributed by atoms with Gasteiger partial charge in [-0.2, -0.15) is 13.2 Å². The van der Waals surface area contributed by atoms with Crippen molar-refractivity contribution >= 4 is 29.9 Å². The number of alkyl halides is 3. The maximum absolute atomic E-state index is 12.3. The van der Waals surface area contributed by atoms with Gasteiger partial charge in [0.25, 0.3) is 0 Å². The Morgan fingerprint density at radius 2 is 1.64 bits per heavy atom. The van der Waals surface area contributed by atoms with Gasteiger partial charge in [-0.25, -0.2) is 0 Å². The number of nitrogens with zero attached hydrogens (tertiary/aromatic N) is 2. The Balaban J connectivity index is 0. The van der Waals surface area contributed by atoms with E-state index in [4.69, 9.17) is 0 Å². The summed E-state index contributed by atoms with van der Waals surface area (Å²) in [4.78, 5) is 5.61. The monoisotopic (exact) mass is 482 g/mol. The van der Waals surface area contributed by atoms with E-state index in [2.05, 4.69) is 15.6 Å². The number of hydrogen-bond acceptors (Lipinski definition) is 3. The van der Waals surface area contributed by atoms with E-state index in [1.165, 1.54) is 11.9 Å². The van der Waals surface area contributed by atoms with Gasteiger partial charge in [-0.05, 0) is 26.8 Å². The Kier molecular flexibility index (Phi) is 14.9. The molecule has 0 aliphatic heterocycles. The van der Waals surface area contributed by atoms with E-state index < -0.39 is 18.3 Å². The number of hydrogen-bond donors (Lipinski definition) is 3. The summed E-state index contributed by atoms with van der Waals surface area (Å²) in [6, 6.07) is 0. The van der Waals surface area contributed by atoms with Crippen molar-refractivity contribution in [3.05, 3.63) is 0 Å². The third-order valence-electron chi connectivity index (χ3n) is 3.54. The van der Waals surface area contributed by atoms with Gasteiger partial charge in [-0.1, -0.05) is 26.7 Å². The van der Waals surface area contributed by atoms with E-state index in [0.717, 1.165) is 12.8 Å². The summed E-state index contributed by atoms with van der Waals surface area (Å²) in [5.74, 6) is 0.517. The molecule has 0 saturated carbocycles. The van der Waals surface area contributed by atoms with Crippen LogP contribution in [0.4, 0.5) is 13.2 Å². The zero-order chi connectivity index (χ0) is 18.6. The van der Waals surface area contributed by atoms with Gasteiger partial charge in [-0.15, -0.1) is 24.0 Å². The molecule has 25 heavy (non-hydrogen) atoms. The predicted octanol–water partition coefficient (Wildman–Crippen LogP) is 2.98. The molecule has 0 atom stereocenters. The van der Waals surface area contributed by atoms with Crippen LogP contribution in [0.15, 0.2) is 4.99 Å². The smallest absolute Gasteiger partial charge is 0.388 e. The molecule has 9 heteroatoms. The Bertz CT molecular complexity index is 362. The number of aliphatic hydroxyl groups is 1. The minimum absolute atomic E-state index is 0. The molecule has 0 bridgehead atoms. The molecule has 152 valence electrons. The maximum atomic E-state index is 12.3. The van der Waals surface area contributed by atoms with E-state index in [0.29, 0.717) is 31.9 Å². The summed E-state index contributed by atoms with van der Waals surface area (Å²) < 4.78 is 36.9. The first-order valence-electron chi connectivity index (χ1n) is 8.65. The van der Waals surface area contributed by atoms with Crippen LogP contribution in [0.1, 0.15) is 46.5 Å². The van der Waals surface area contributed by atoms with Crippen molar-refractivity contribution in [1.29, 1.82) is 0 Å². The topological polar surface area (TPSA) is 59.9 Å². The van der Waals surface area contributed by atoms with Gasteiger partial charge >= 0.3 is 6.18 Å².